The number of phenolic OH excluding ortho intramolecular Hbond substituents is 1. The predicted molar refractivity (Wildman–Crippen MR) is 79.0 cm³/mol. The molecule has 0 aliphatic rings. The van der Waals surface area contributed by atoms with Crippen molar-refractivity contribution in [3.63, 3.8) is 0 Å². The minimum Gasteiger partial charge on any atom is -0.507 e. The van der Waals surface area contributed by atoms with Crippen molar-refractivity contribution in [3.8, 4) is 5.75 Å². The van der Waals surface area contributed by atoms with Crippen LogP contribution in [0, 0.1) is 0 Å². The van der Waals surface area contributed by atoms with Gasteiger partial charge < -0.3 is 10.4 Å². The van der Waals surface area contributed by atoms with Gasteiger partial charge in [0, 0.05) is 19.2 Å². The van der Waals surface area contributed by atoms with Gasteiger partial charge in [0.1, 0.15) is 5.75 Å². The quantitative estimate of drug-likeness (QED) is 0.834. The highest BCUT2D eigenvalue weighted by Crippen LogP contribution is 2.23. The summed E-state index contributed by atoms with van der Waals surface area (Å²) in [7, 11) is 0. The van der Waals surface area contributed by atoms with E-state index in [9.17, 15) is 9.90 Å². The number of nitrogens with one attached hydrogen (secondary N) is 1. The van der Waals surface area contributed by atoms with E-state index in [1.807, 2.05) is 11.4 Å². The number of aromatic hydroxyl groups is 1. The molecule has 3 nitrogen and oxygen atoms in total. The van der Waals surface area contributed by atoms with E-state index in [1.54, 1.807) is 23.5 Å². The number of rotatable bonds is 3. The monoisotopic (exact) mass is 389 g/mol. The number of thiophene rings is 1. The Labute approximate surface area is 125 Å². The van der Waals surface area contributed by atoms with E-state index in [4.69, 9.17) is 0 Å². The van der Waals surface area contributed by atoms with E-state index in [2.05, 4.69) is 37.2 Å². The molecule has 6 heteroatoms. The lowest BCUT2D eigenvalue weighted by Gasteiger charge is -2.06. The van der Waals surface area contributed by atoms with Gasteiger partial charge in [0.2, 0.25) is 0 Å². The molecule has 1 aromatic carbocycles. The second-order valence-corrected chi connectivity index (χ2v) is 6.40. The van der Waals surface area contributed by atoms with Crippen LogP contribution in [0.25, 0.3) is 0 Å². The maximum absolute atomic E-state index is 11.9. The standard InChI is InChI=1S/C12H9Br2NO2S/c13-7-1-2-10(11(16)4-7)12(17)15-5-9-3-8(14)6-18-9/h1-4,6,16H,5H2,(H,15,17). The van der Waals surface area contributed by atoms with Crippen molar-refractivity contribution in [3.05, 3.63) is 49.0 Å². The third-order valence-electron chi connectivity index (χ3n) is 2.25. The fourth-order valence-electron chi connectivity index (χ4n) is 1.41. The molecule has 1 heterocycles. The maximum Gasteiger partial charge on any atom is 0.255 e. The van der Waals surface area contributed by atoms with Crippen LogP contribution in [0.15, 0.2) is 38.6 Å². The molecule has 0 radical (unpaired) electrons. The van der Waals surface area contributed by atoms with Gasteiger partial charge in [-0.1, -0.05) is 15.9 Å². The summed E-state index contributed by atoms with van der Waals surface area (Å²) in [5, 5.41) is 14.4. The number of amides is 1. The fraction of sp³-hybridized carbons (Fsp3) is 0.0833. The number of carbonyl (C=O) groups is 1. The van der Waals surface area contributed by atoms with Crippen molar-refractivity contribution in [2.24, 2.45) is 0 Å². The first-order valence-electron chi connectivity index (χ1n) is 5.06. The summed E-state index contributed by atoms with van der Waals surface area (Å²) in [6.07, 6.45) is 0. The SMILES string of the molecule is O=C(NCc1cc(Br)cs1)c1ccc(Br)cc1O. The van der Waals surface area contributed by atoms with Crippen LogP contribution in [0.1, 0.15) is 15.2 Å². The molecule has 1 amide bonds. The summed E-state index contributed by atoms with van der Waals surface area (Å²) >= 11 is 8.15. The van der Waals surface area contributed by atoms with Gasteiger partial charge in [-0.05, 0) is 40.2 Å². The second kappa shape index (κ2) is 5.86. The van der Waals surface area contributed by atoms with Gasteiger partial charge in [0.05, 0.1) is 12.1 Å². The van der Waals surface area contributed by atoms with Crippen LogP contribution in [-0.4, -0.2) is 11.0 Å². The van der Waals surface area contributed by atoms with Gasteiger partial charge in [-0.2, -0.15) is 0 Å². The number of hydrogen-bond acceptors (Lipinski definition) is 3. The minimum absolute atomic E-state index is 0.0331. The largest absolute Gasteiger partial charge is 0.507 e. The van der Waals surface area contributed by atoms with Gasteiger partial charge in [-0.3, -0.25) is 4.79 Å². The summed E-state index contributed by atoms with van der Waals surface area (Å²) in [5.74, 6) is -0.321. The number of phenols is 1. The lowest BCUT2D eigenvalue weighted by atomic mass is 10.2. The average molecular weight is 391 g/mol. The molecule has 0 aliphatic carbocycles. The van der Waals surface area contributed by atoms with Gasteiger partial charge in [0.25, 0.3) is 5.91 Å². The molecule has 2 rings (SSSR count). The molecule has 2 N–H and O–H groups in total. The summed E-state index contributed by atoms with van der Waals surface area (Å²) in [4.78, 5) is 12.9. The van der Waals surface area contributed by atoms with E-state index in [1.165, 1.54) is 6.07 Å². The molecule has 0 bridgehead atoms. The topological polar surface area (TPSA) is 49.3 Å². The summed E-state index contributed by atoms with van der Waals surface area (Å²) in [6, 6.07) is 6.75. The van der Waals surface area contributed by atoms with Crippen LogP contribution in [0.4, 0.5) is 0 Å². The highest BCUT2D eigenvalue weighted by molar-refractivity contribution is 9.10. The average Bonchev–Trinajstić information content (AvgIpc) is 2.72. The van der Waals surface area contributed by atoms with Crippen LogP contribution in [0.3, 0.4) is 0 Å². The lowest BCUT2D eigenvalue weighted by Crippen LogP contribution is -2.22. The van der Waals surface area contributed by atoms with Gasteiger partial charge >= 0.3 is 0 Å². The zero-order chi connectivity index (χ0) is 13.1. The molecule has 1 aromatic heterocycles. The smallest absolute Gasteiger partial charge is 0.255 e. The molecule has 0 aliphatic heterocycles. The number of hydrogen-bond donors (Lipinski definition) is 2. The van der Waals surface area contributed by atoms with E-state index in [0.717, 1.165) is 13.8 Å². The van der Waals surface area contributed by atoms with Crippen LogP contribution in [0.2, 0.25) is 0 Å². The summed E-state index contributed by atoms with van der Waals surface area (Å²) < 4.78 is 1.74. The Bertz CT molecular complexity index is 583. The summed E-state index contributed by atoms with van der Waals surface area (Å²) in [5.41, 5.74) is 0.272. The Kier molecular flexibility index (Phi) is 4.42. The normalized spacial score (nSPS) is 10.3. The van der Waals surface area contributed by atoms with Crippen molar-refractivity contribution in [2.45, 2.75) is 6.54 Å². The first-order chi connectivity index (χ1) is 8.56. The Morgan fingerprint density at radius 3 is 2.67 bits per heavy atom. The molecule has 0 fully saturated rings. The van der Waals surface area contributed by atoms with Crippen molar-refractivity contribution in [2.75, 3.05) is 0 Å². The molecule has 94 valence electrons. The van der Waals surface area contributed by atoms with Gasteiger partial charge in [-0.25, -0.2) is 0 Å². The highest BCUT2D eigenvalue weighted by atomic mass is 79.9. The molecule has 0 unspecified atom stereocenters. The number of benzene rings is 1. The maximum atomic E-state index is 11.9. The van der Waals surface area contributed by atoms with E-state index < -0.39 is 0 Å². The van der Waals surface area contributed by atoms with E-state index in [-0.39, 0.29) is 17.2 Å². The number of carbonyl (C=O) groups excluding carboxylic acids is 1. The second-order valence-electron chi connectivity index (χ2n) is 3.58. The minimum atomic E-state index is -0.287. The van der Waals surface area contributed by atoms with Gasteiger partial charge in [-0.15, -0.1) is 11.3 Å². The zero-order valence-electron chi connectivity index (χ0n) is 9.11. The Morgan fingerprint density at radius 1 is 1.28 bits per heavy atom. The van der Waals surface area contributed by atoms with Crippen molar-refractivity contribution >= 4 is 49.1 Å². The molecule has 0 spiro atoms. The molecule has 0 atom stereocenters. The van der Waals surface area contributed by atoms with Crippen LogP contribution in [0.5, 0.6) is 5.75 Å². The van der Waals surface area contributed by atoms with Crippen LogP contribution in [-0.2, 0) is 6.54 Å². The third kappa shape index (κ3) is 3.34. The fourth-order valence-corrected chi connectivity index (χ4v) is 3.15. The Balaban J connectivity index is 2.03. The van der Waals surface area contributed by atoms with Crippen LogP contribution < -0.4 is 5.32 Å². The Morgan fingerprint density at radius 2 is 2.06 bits per heavy atom. The molecule has 2 aromatic rings. The highest BCUT2D eigenvalue weighted by Gasteiger charge is 2.11. The van der Waals surface area contributed by atoms with Crippen molar-refractivity contribution in [1.82, 2.24) is 5.32 Å². The van der Waals surface area contributed by atoms with E-state index in [0.29, 0.717) is 6.54 Å². The van der Waals surface area contributed by atoms with Gasteiger partial charge in [0.15, 0.2) is 0 Å². The Hall–Kier alpha value is -0.850. The molecule has 0 saturated carbocycles. The first kappa shape index (κ1) is 13.6. The number of halogens is 2. The third-order valence-corrected chi connectivity index (χ3v) is 4.44. The van der Waals surface area contributed by atoms with Crippen molar-refractivity contribution in [1.29, 1.82) is 0 Å². The van der Waals surface area contributed by atoms with E-state index >= 15 is 0 Å². The molecular weight excluding hydrogens is 382 g/mol. The first-order valence-corrected chi connectivity index (χ1v) is 7.52. The molecule has 0 saturated heterocycles. The van der Waals surface area contributed by atoms with Crippen LogP contribution >= 0.6 is 43.2 Å². The molecular formula is C12H9Br2NO2S. The van der Waals surface area contributed by atoms with Crippen molar-refractivity contribution < 1.29 is 9.90 Å². The molecule has 18 heavy (non-hydrogen) atoms. The summed E-state index contributed by atoms with van der Waals surface area (Å²) in [6.45, 7) is 0.449. The lowest BCUT2D eigenvalue weighted by molar-refractivity contribution is 0.0948. The predicted octanol–water partition coefficient (Wildman–Crippen LogP) is 3.91. The zero-order valence-corrected chi connectivity index (χ0v) is 13.1.